The number of aromatic nitrogens is 2. The second-order valence-electron chi connectivity index (χ2n) is 5.83. The number of nitrogens with one attached hydrogen (secondary N) is 3. The standard InChI is InChI=1S/C16H17N5O/c1-9-12(11-3-2-6-17-14(11)19-9)7-13-15(22)21-16(20-13)18-8-10-4-5-10/h2-3,6-7,10H,4-5,8H2,1H3,(H,17,19)(H2,18,20,21,22). The fourth-order valence-corrected chi connectivity index (χ4v) is 2.61. The molecule has 0 aromatic carbocycles. The van der Waals surface area contributed by atoms with Crippen molar-refractivity contribution in [2.75, 3.05) is 6.54 Å². The fourth-order valence-electron chi connectivity index (χ4n) is 2.61. The third-order valence-corrected chi connectivity index (χ3v) is 4.04. The van der Waals surface area contributed by atoms with Crippen LogP contribution in [0.3, 0.4) is 0 Å². The monoisotopic (exact) mass is 295 g/mol. The summed E-state index contributed by atoms with van der Waals surface area (Å²) >= 11 is 0. The number of H-pyrrole nitrogens is 1. The van der Waals surface area contributed by atoms with Crippen LogP contribution in [0.25, 0.3) is 17.1 Å². The number of aliphatic imine (C=N–C) groups is 1. The third-order valence-electron chi connectivity index (χ3n) is 4.04. The van der Waals surface area contributed by atoms with E-state index in [1.807, 2.05) is 25.1 Å². The van der Waals surface area contributed by atoms with Gasteiger partial charge in [-0.05, 0) is 43.9 Å². The molecule has 1 saturated carbocycles. The Morgan fingerprint density at radius 1 is 1.45 bits per heavy atom. The van der Waals surface area contributed by atoms with E-state index >= 15 is 0 Å². The molecule has 0 spiro atoms. The van der Waals surface area contributed by atoms with Crippen molar-refractivity contribution in [3.05, 3.63) is 35.3 Å². The predicted molar refractivity (Wildman–Crippen MR) is 85.1 cm³/mol. The van der Waals surface area contributed by atoms with Crippen LogP contribution in [0.1, 0.15) is 24.1 Å². The molecule has 112 valence electrons. The lowest BCUT2D eigenvalue weighted by Gasteiger charge is -2.02. The minimum atomic E-state index is -0.170. The van der Waals surface area contributed by atoms with Gasteiger partial charge in [0.25, 0.3) is 5.91 Å². The number of hydrogen-bond donors (Lipinski definition) is 3. The van der Waals surface area contributed by atoms with Crippen molar-refractivity contribution in [3.63, 3.8) is 0 Å². The van der Waals surface area contributed by atoms with Gasteiger partial charge in [0.15, 0.2) is 0 Å². The average Bonchev–Trinajstić information content (AvgIpc) is 3.20. The van der Waals surface area contributed by atoms with Crippen LogP contribution in [0.15, 0.2) is 29.0 Å². The molecule has 0 unspecified atom stereocenters. The Morgan fingerprint density at radius 2 is 2.32 bits per heavy atom. The van der Waals surface area contributed by atoms with Gasteiger partial charge in [0.1, 0.15) is 11.3 Å². The first-order valence-electron chi connectivity index (χ1n) is 7.49. The first kappa shape index (κ1) is 13.1. The number of aromatic amines is 1. The van der Waals surface area contributed by atoms with Crippen LogP contribution in [0.5, 0.6) is 0 Å². The predicted octanol–water partition coefficient (Wildman–Crippen LogP) is 1.70. The van der Waals surface area contributed by atoms with Crippen LogP contribution in [0.2, 0.25) is 0 Å². The molecule has 1 aliphatic heterocycles. The van der Waals surface area contributed by atoms with Crippen LogP contribution < -0.4 is 10.6 Å². The Kier molecular flexibility index (Phi) is 2.96. The van der Waals surface area contributed by atoms with E-state index < -0.39 is 0 Å². The largest absolute Gasteiger partial charge is 0.355 e. The van der Waals surface area contributed by atoms with Crippen LogP contribution in [-0.2, 0) is 4.79 Å². The molecule has 3 heterocycles. The number of rotatable bonds is 3. The lowest BCUT2D eigenvalue weighted by molar-refractivity contribution is -0.115. The number of nitrogens with zero attached hydrogens (tertiary/aromatic N) is 2. The molecule has 22 heavy (non-hydrogen) atoms. The normalized spacial score (nSPS) is 19.6. The van der Waals surface area contributed by atoms with Crippen molar-refractivity contribution in [3.8, 4) is 0 Å². The Balaban J connectivity index is 1.65. The number of carbonyl (C=O) groups is 1. The molecule has 0 atom stereocenters. The number of fused-ring (bicyclic) bond motifs is 1. The lowest BCUT2D eigenvalue weighted by atomic mass is 10.1. The van der Waals surface area contributed by atoms with Gasteiger partial charge in [-0.15, -0.1) is 0 Å². The molecule has 2 aromatic rings. The zero-order chi connectivity index (χ0) is 15.1. The van der Waals surface area contributed by atoms with E-state index in [4.69, 9.17) is 0 Å². The second-order valence-corrected chi connectivity index (χ2v) is 5.83. The molecule has 0 bridgehead atoms. The average molecular weight is 295 g/mol. The molecule has 1 amide bonds. The van der Waals surface area contributed by atoms with Crippen LogP contribution in [0.4, 0.5) is 0 Å². The highest BCUT2D eigenvalue weighted by Crippen LogP contribution is 2.28. The number of aryl methyl sites for hydroxylation is 1. The van der Waals surface area contributed by atoms with Gasteiger partial charge >= 0.3 is 0 Å². The van der Waals surface area contributed by atoms with Gasteiger partial charge in [-0.2, -0.15) is 0 Å². The van der Waals surface area contributed by atoms with Gasteiger partial charge in [0.2, 0.25) is 5.96 Å². The highest BCUT2D eigenvalue weighted by Gasteiger charge is 2.25. The van der Waals surface area contributed by atoms with E-state index in [0.717, 1.165) is 34.8 Å². The molecular formula is C16H17N5O. The first-order chi connectivity index (χ1) is 10.7. The number of amides is 1. The summed E-state index contributed by atoms with van der Waals surface area (Å²) in [4.78, 5) is 23.9. The van der Waals surface area contributed by atoms with Crippen molar-refractivity contribution in [1.82, 2.24) is 20.6 Å². The fraction of sp³-hybridized carbons (Fsp3) is 0.312. The summed E-state index contributed by atoms with van der Waals surface area (Å²) in [5.41, 5.74) is 3.18. The summed E-state index contributed by atoms with van der Waals surface area (Å²) in [6.45, 7) is 2.85. The molecule has 2 aromatic heterocycles. The molecule has 0 saturated heterocycles. The number of pyridine rings is 1. The lowest BCUT2D eigenvalue weighted by Crippen LogP contribution is -2.37. The van der Waals surface area contributed by atoms with E-state index in [1.165, 1.54) is 12.8 Å². The molecule has 1 fully saturated rings. The smallest absolute Gasteiger partial charge is 0.276 e. The molecular weight excluding hydrogens is 278 g/mol. The minimum absolute atomic E-state index is 0.170. The zero-order valence-electron chi connectivity index (χ0n) is 12.3. The molecule has 3 N–H and O–H groups in total. The maximum Gasteiger partial charge on any atom is 0.276 e. The molecule has 4 rings (SSSR count). The Morgan fingerprint density at radius 3 is 3.14 bits per heavy atom. The van der Waals surface area contributed by atoms with Crippen molar-refractivity contribution in [2.45, 2.75) is 19.8 Å². The van der Waals surface area contributed by atoms with Crippen LogP contribution >= 0.6 is 0 Å². The quantitative estimate of drug-likeness (QED) is 0.754. The number of hydrogen-bond acceptors (Lipinski definition) is 4. The van der Waals surface area contributed by atoms with E-state index in [2.05, 4.69) is 25.6 Å². The van der Waals surface area contributed by atoms with Gasteiger partial charge in [-0.25, -0.2) is 9.98 Å². The first-order valence-corrected chi connectivity index (χ1v) is 7.49. The summed E-state index contributed by atoms with van der Waals surface area (Å²) in [7, 11) is 0. The van der Waals surface area contributed by atoms with E-state index in [1.54, 1.807) is 6.20 Å². The zero-order valence-corrected chi connectivity index (χ0v) is 12.3. The molecule has 1 aliphatic carbocycles. The van der Waals surface area contributed by atoms with Crippen molar-refractivity contribution in [2.24, 2.45) is 10.9 Å². The van der Waals surface area contributed by atoms with Crippen molar-refractivity contribution in [1.29, 1.82) is 0 Å². The van der Waals surface area contributed by atoms with E-state index in [9.17, 15) is 4.79 Å². The maximum atomic E-state index is 12.1. The molecule has 6 nitrogen and oxygen atoms in total. The van der Waals surface area contributed by atoms with Gasteiger partial charge in [0, 0.05) is 29.4 Å². The second kappa shape index (κ2) is 4.98. The molecule has 0 radical (unpaired) electrons. The third kappa shape index (κ3) is 2.36. The minimum Gasteiger partial charge on any atom is -0.355 e. The number of carbonyl (C=O) groups excluding carboxylic acids is 1. The Hall–Kier alpha value is -2.63. The molecule has 6 heteroatoms. The van der Waals surface area contributed by atoms with Gasteiger partial charge in [-0.1, -0.05) is 0 Å². The van der Waals surface area contributed by atoms with Crippen LogP contribution in [0, 0.1) is 12.8 Å². The Bertz CT molecular complexity index is 813. The van der Waals surface area contributed by atoms with Crippen LogP contribution in [-0.4, -0.2) is 28.4 Å². The Labute approximate surface area is 127 Å². The van der Waals surface area contributed by atoms with Gasteiger partial charge < -0.3 is 10.3 Å². The summed E-state index contributed by atoms with van der Waals surface area (Å²) in [6, 6.07) is 3.87. The summed E-state index contributed by atoms with van der Waals surface area (Å²) < 4.78 is 0. The van der Waals surface area contributed by atoms with Gasteiger partial charge in [0.05, 0.1) is 0 Å². The van der Waals surface area contributed by atoms with Crippen molar-refractivity contribution >= 4 is 29.0 Å². The van der Waals surface area contributed by atoms with Gasteiger partial charge in [-0.3, -0.25) is 10.1 Å². The maximum absolute atomic E-state index is 12.1. The number of guanidine groups is 1. The van der Waals surface area contributed by atoms with E-state index in [0.29, 0.717) is 11.7 Å². The highest BCUT2D eigenvalue weighted by atomic mass is 16.2. The topological polar surface area (TPSA) is 82.2 Å². The van der Waals surface area contributed by atoms with Crippen molar-refractivity contribution < 1.29 is 4.79 Å². The van der Waals surface area contributed by atoms with E-state index in [-0.39, 0.29) is 5.91 Å². The molecule has 2 aliphatic rings. The summed E-state index contributed by atoms with van der Waals surface area (Å²) in [5.74, 6) is 1.12. The SMILES string of the molecule is Cc1[nH]c2ncccc2c1C=C1N=C(NCC2CC2)NC1=O. The summed E-state index contributed by atoms with van der Waals surface area (Å²) in [5, 5.41) is 6.96. The summed E-state index contributed by atoms with van der Waals surface area (Å²) in [6.07, 6.45) is 6.09. The highest BCUT2D eigenvalue weighted by molar-refractivity contribution is 6.14.